The number of nitrogens with one attached hydrogen (secondary N) is 1. The summed E-state index contributed by atoms with van der Waals surface area (Å²) in [6.45, 7) is 2.85. The number of methoxy groups -OCH3 is 1. The van der Waals surface area contributed by atoms with Crippen LogP contribution in [-0.2, 0) is 6.42 Å². The first kappa shape index (κ1) is 14.4. The predicted molar refractivity (Wildman–Crippen MR) is 75.1 cm³/mol. The summed E-state index contributed by atoms with van der Waals surface area (Å²) >= 11 is 0. The van der Waals surface area contributed by atoms with E-state index in [0.29, 0.717) is 6.42 Å². The molecule has 106 valence electrons. The number of hydrogen-bond acceptors (Lipinski definition) is 4. The largest absolute Gasteiger partial charge is 0.494 e. The molecule has 2 aromatic rings. The number of nitrogens with zero attached hydrogens (tertiary/aromatic N) is 2. The minimum atomic E-state index is -0.343. The molecule has 0 bridgehead atoms. The van der Waals surface area contributed by atoms with Crippen LogP contribution in [0.5, 0.6) is 5.75 Å². The van der Waals surface area contributed by atoms with Gasteiger partial charge in [-0.1, -0.05) is 13.0 Å². The average molecular weight is 275 g/mol. The summed E-state index contributed by atoms with van der Waals surface area (Å²) in [6, 6.07) is 5.09. The highest BCUT2D eigenvalue weighted by Gasteiger charge is 2.13. The zero-order chi connectivity index (χ0) is 14.4. The molecule has 0 saturated carbocycles. The van der Waals surface area contributed by atoms with Crippen molar-refractivity contribution in [3.63, 3.8) is 0 Å². The molecule has 1 unspecified atom stereocenters. The third-order valence-corrected chi connectivity index (χ3v) is 3.09. The van der Waals surface area contributed by atoms with Crippen molar-refractivity contribution in [2.75, 3.05) is 13.7 Å². The van der Waals surface area contributed by atoms with Crippen LogP contribution in [0.2, 0.25) is 0 Å². The monoisotopic (exact) mass is 275 g/mol. The first-order valence-corrected chi connectivity index (χ1v) is 6.55. The molecule has 2 rings (SSSR count). The van der Waals surface area contributed by atoms with Gasteiger partial charge in [-0.05, 0) is 30.7 Å². The molecule has 0 fully saturated rings. The molecular formula is C15H18FN3O. The Labute approximate surface area is 118 Å². The molecular weight excluding hydrogens is 257 g/mol. The summed E-state index contributed by atoms with van der Waals surface area (Å²) in [7, 11) is 1.46. The molecule has 1 aromatic carbocycles. The number of hydrogen-bond donors (Lipinski definition) is 1. The minimum absolute atomic E-state index is 0.0639. The van der Waals surface area contributed by atoms with E-state index in [1.54, 1.807) is 18.5 Å². The molecule has 1 aromatic heterocycles. The predicted octanol–water partition coefficient (Wildman–Crippen LogP) is 2.52. The van der Waals surface area contributed by atoms with Crippen molar-refractivity contribution in [1.29, 1.82) is 0 Å². The van der Waals surface area contributed by atoms with E-state index in [1.165, 1.54) is 19.5 Å². The maximum atomic E-state index is 13.7. The molecule has 0 radical (unpaired) electrons. The average Bonchev–Trinajstić information content (AvgIpc) is 2.48. The van der Waals surface area contributed by atoms with Gasteiger partial charge in [0.15, 0.2) is 11.6 Å². The van der Waals surface area contributed by atoms with Crippen molar-refractivity contribution in [1.82, 2.24) is 15.3 Å². The van der Waals surface area contributed by atoms with Gasteiger partial charge in [0.05, 0.1) is 7.11 Å². The molecule has 0 saturated heterocycles. The van der Waals surface area contributed by atoms with E-state index >= 15 is 0 Å². The molecule has 0 amide bonds. The van der Waals surface area contributed by atoms with Crippen LogP contribution in [0.15, 0.2) is 36.9 Å². The van der Waals surface area contributed by atoms with E-state index < -0.39 is 0 Å². The van der Waals surface area contributed by atoms with Crippen molar-refractivity contribution < 1.29 is 9.13 Å². The van der Waals surface area contributed by atoms with Gasteiger partial charge < -0.3 is 10.1 Å². The van der Waals surface area contributed by atoms with Crippen molar-refractivity contribution in [2.45, 2.75) is 19.4 Å². The summed E-state index contributed by atoms with van der Waals surface area (Å²) < 4.78 is 18.6. The normalized spacial score (nSPS) is 12.2. The quantitative estimate of drug-likeness (QED) is 0.880. The van der Waals surface area contributed by atoms with Gasteiger partial charge >= 0.3 is 0 Å². The molecule has 1 N–H and O–H groups in total. The molecule has 0 aliphatic carbocycles. The Bertz CT molecular complexity index is 548. The van der Waals surface area contributed by atoms with Gasteiger partial charge in [0.1, 0.15) is 6.33 Å². The number of benzene rings is 1. The number of likely N-dealkylation sites (N-methyl/N-ethyl adjacent to an activating group) is 1. The van der Waals surface area contributed by atoms with E-state index in [2.05, 4.69) is 15.3 Å². The van der Waals surface area contributed by atoms with E-state index in [-0.39, 0.29) is 17.6 Å². The third kappa shape index (κ3) is 3.51. The standard InChI is InChI=1S/C15H18FN3O/c1-3-19-14(12-8-17-10-18-9-12)7-11-4-5-15(20-2)13(16)6-11/h4-6,8-10,14,19H,3,7H2,1-2H3. The van der Waals surface area contributed by atoms with E-state index in [1.807, 2.05) is 13.0 Å². The van der Waals surface area contributed by atoms with Gasteiger partial charge in [-0.15, -0.1) is 0 Å². The first-order valence-electron chi connectivity index (χ1n) is 6.55. The molecule has 0 aliphatic heterocycles. The number of halogens is 1. The van der Waals surface area contributed by atoms with E-state index in [9.17, 15) is 4.39 Å². The fourth-order valence-corrected chi connectivity index (χ4v) is 2.12. The lowest BCUT2D eigenvalue weighted by atomic mass is 10.0. The second-order valence-electron chi connectivity index (χ2n) is 4.46. The van der Waals surface area contributed by atoms with Crippen LogP contribution in [-0.4, -0.2) is 23.6 Å². The molecule has 1 heterocycles. The summed E-state index contributed by atoms with van der Waals surface area (Å²) in [4.78, 5) is 8.06. The SMILES string of the molecule is CCNC(Cc1ccc(OC)c(F)c1)c1cncnc1. The Balaban J connectivity index is 2.18. The van der Waals surface area contributed by atoms with E-state index in [4.69, 9.17) is 4.74 Å². The van der Waals surface area contributed by atoms with Crippen LogP contribution in [0.1, 0.15) is 24.1 Å². The van der Waals surface area contributed by atoms with Crippen molar-refractivity contribution >= 4 is 0 Å². The second kappa shape index (κ2) is 6.96. The van der Waals surface area contributed by atoms with Crippen molar-refractivity contribution in [3.8, 4) is 5.75 Å². The minimum Gasteiger partial charge on any atom is -0.494 e. The molecule has 20 heavy (non-hydrogen) atoms. The molecule has 1 atom stereocenters. The van der Waals surface area contributed by atoms with Crippen LogP contribution in [0.3, 0.4) is 0 Å². The van der Waals surface area contributed by atoms with Gasteiger partial charge in [-0.25, -0.2) is 14.4 Å². The Morgan fingerprint density at radius 1 is 1.30 bits per heavy atom. The summed E-state index contributed by atoms with van der Waals surface area (Å²) in [6.07, 6.45) is 5.72. The van der Waals surface area contributed by atoms with Gasteiger partial charge in [0.2, 0.25) is 0 Å². The highest BCUT2D eigenvalue weighted by molar-refractivity contribution is 5.30. The van der Waals surface area contributed by atoms with Gasteiger partial charge in [0.25, 0.3) is 0 Å². The summed E-state index contributed by atoms with van der Waals surface area (Å²) in [5, 5.41) is 3.36. The fraction of sp³-hybridized carbons (Fsp3) is 0.333. The van der Waals surface area contributed by atoms with Crippen LogP contribution in [0.4, 0.5) is 4.39 Å². The summed E-state index contributed by atoms with van der Waals surface area (Å²) in [5.74, 6) is -0.0821. The van der Waals surface area contributed by atoms with Gasteiger partial charge in [-0.2, -0.15) is 0 Å². The second-order valence-corrected chi connectivity index (χ2v) is 4.46. The van der Waals surface area contributed by atoms with Gasteiger partial charge in [-0.3, -0.25) is 0 Å². The van der Waals surface area contributed by atoms with Crippen LogP contribution >= 0.6 is 0 Å². The fourth-order valence-electron chi connectivity index (χ4n) is 2.12. The van der Waals surface area contributed by atoms with Gasteiger partial charge in [0, 0.05) is 24.0 Å². The summed E-state index contributed by atoms with van der Waals surface area (Å²) in [5.41, 5.74) is 1.89. The zero-order valence-corrected chi connectivity index (χ0v) is 11.6. The maximum Gasteiger partial charge on any atom is 0.165 e. The zero-order valence-electron chi connectivity index (χ0n) is 11.6. The van der Waals surface area contributed by atoms with Crippen LogP contribution in [0, 0.1) is 5.82 Å². The Morgan fingerprint density at radius 2 is 2.05 bits per heavy atom. The molecule has 0 aliphatic rings. The van der Waals surface area contributed by atoms with Crippen LogP contribution in [0.25, 0.3) is 0 Å². The highest BCUT2D eigenvalue weighted by Crippen LogP contribution is 2.22. The van der Waals surface area contributed by atoms with Crippen molar-refractivity contribution in [3.05, 3.63) is 53.9 Å². The van der Waals surface area contributed by atoms with Crippen LogP contribution < -0.4 is 10.1 Å². The maximum absolute atomic E-state index is 13.7. The smallest absolute Gasteiger partial charge is 0.165 e. The highest BCUT2D eigenvalue weighted by atomic mass is 19.1. The Kier molecular flexibility index (Phi) is 5.01. The molecule has 4 nitrogen and oxygen atoms in total. The number of ether oxygens (including phenoxy) is 1. The Morgan fingerprint density at radius 3 is 2.65 bits per heavy atom. The number of aromatic nitrogens is 2. The van der Waals surface area contributed by atoms with Crippen molar-refractivity contribution in [2.24, 2.45) is 0 Å². The third-order valence-electron chi connectivity index (χ3n) is 3.09. The number of rotatable bonds is 6. The molecule has 5 heteroatoms. The lowest BCUT2D eigenvalue weighted by Gasteiger charge is -2.18. The lowest BCUT2D eigenvalue weighted by Crippen LogP contribution is -2.23. The lowest BCUT2D eigenvalue weighted by molar-refractivity contribution is 0.386. The molecule has 0 spiro atoms. The van der Waals surface area contributed by atoms with E-state index in [0.717, 1.165) is 17.7 Å². The first-order chi connectivity index (χ1) is 9.74. The Hall–Kier alpha value is -2.01. The topological polar surface area (TPSA) is 47.0 Å².